The molecule has 1 aromatic carbocycles. The van der Waals surface area contributed by atoms with Crippen LogP contribution in [0, 0.1) is 0 Å². The molecule has 2 heteroatoms. The van der Waals surface area contributed by atoms with E-state index in [-0.39, 0.29) is 0 Å². The van der Waals surface area contributed by atoms with Gasteiger partial charge in [-0.05, 0) is 31.7 Å². The summed E-state index contributed by atoms with van der Waals surface area (Å²) in [4.78, 5) is 0. The molecule has 1 aromatic rings. The van der Waals surface area contributed by atoms with E-state index < -0.39 is 0 Å². The average molecular weight is 240 g/mol. The Morgan fingerprint density at radius 2 is 2.31 bits per heavy atom. The first-order valence-electron chi connectivity index (χ1n) is 4.29. The molecule has 1 nitrogen and oxygen atoms in total. The van der Waals surface area contributed by atoms with E-state index in [0.29, 0.717) is 0 Å². The molecule has 0 atom stereocenters. The normalized spacial score (nSPS) is 11.8. The van der Waals surface area contributed by atoms with Crippen molar-refractivity contribution in [1.82, 2.24) is 5.32 Å². The molecule has 1 rings (SSSR count). The lowest BCUT2D eigenvalue weighted by molar-refractivity contribution is 0.884. The van der Waals surface area contributed by atoms with Gasteiger partial charge in [-0.1, -0.05) is 39.7 Å². The highest BCUT2D eigenvalue weighted by atomic mass is 79.9. The van der Waals surface area contributed by atoms with Gasteiger partial charge in [0.15, 0.2) is 0 Å². The highest BCUT2D eigenvalue weighted by Crippen LogP contribution is 2.13. The van der Waals surface area contributed by atoms with Crippen molar-refractivity contribution in [3.63, 3.8) is 0 Å². The van der Waals surface area contributed by atoms with E-state index in [2.05, 4.69) is 46.4 Å². The second-order valence-electron chi connectivity index (χ2n) is 3.08. The van der Waals surface area contributed by atoms with Gasteiger partial charge in [-0.2, -0.15) is 0 Å². The number of nitrogens with one attached hydrogen (secondary N) is 1. The SMILES string of the molecule is CNC/C(C)=C/c1cccc(Br)c1. The molecule has 0 aliphatic heterocycles. The van der Waals surface area contributed by atoms with E-state index in [9.17, 15) is 0 Å². The summed E-state index contributed by atoms with van der Waals surface area (Å²) in [5.74, 6) is 0. The molecular formula is C11H14BrN. The van der Waals surface area contributed by atoms with Gasteiger partial charge in [-0.3, -0.25) is 0 Å². The maximum absolute atomic E-state index is 3.45. The third-order valence-corrected chi connectivity index (χ3v) is 2.21. The van der Waals surface area contributed by atoms with E-state index in [4.69, 9.17) is 0 Å². The zero-order chi connectivity index (χ0) is 9.68. The van der Waals surface area contributed by atoms with Gasteiger partial charge in [0.25, 0.3) is 0 Å². The van der Waals surface area contributed by atoms with Crippen molar-refractivity contribution in [2.45, 2.75) is 6.92 Å². The Labute approximate surface area is 88.0 Å². The van der Waals surface area contributed by atoms with Crippen molar-refractivity contribution in [2.24, 2.45) is 0 Å². The molecule has 70 valence electrons. The summed E-state index contributed by atoms with van der Waals surface area (Å²) in [7, 11) is 1.96. The van der Waals surface area contributed by atoms with Crippen LogP contribution in [0.4, 0.5) is 0 Å². The quantitative estimate of drug-likeness (QED) is 0.856. The zero-order valence-corrected chi connectivity index (χ0v) is 9.56. The van der Waals surface area contributed by atoms with Crippen LogP contribution in [0.15, 0.2) is 34.3 Å². The van der Waals surface area contributed by atoms with Gasteiger partial charge in [0, 0.05) is 11.0 Å². The Kier molecular flexibility index (Phi) is 4.19. The molecule has 0 saturated carbocycles. The summed E-state index contributed by atoms with van der Waals surface area (Å²) in [6.45, 7) is 3.06. The van der Waals surface area contributed by atoms with E-state index in [1.54, 1.807) is 0 Å². The minimum Gasteiger partial charge on any atom is -0.316 e. The van der Waals surface area contributed by atoms with Crippen LogP contribution in [-0.2, 0) is 0 Å². The minimum absolute atomic E-state index is 0.937. The van der Waals surface area contributed by atoms with Crippen LogP contribution < -0.4 is 5.32 Å². The van der Waals surface area contributed by atoms with E-state index in [1.165, 1.54) is 11.1 Å². The summed E-state index contributed by atoms with van der Waals surface area (Å²) in [5, 5.41) is 3.12. The number of halogens is 1. The first-order chi connectivity index (χ1) is 6.22. The molecule has 1 N–H and O–H groups in total. The van der Waals surface area contributed by atoms with Gasteiger partial charge in [-0.15, -0.1) is 0 Å². The van der Waals surface area contributed by atoms with E-state index in [1.807, 2.05) is 19.2 Å². The number of hydrogen-bond donors (Lipinski definition) is 1. The highest BCUT2D eigenvalue weighted by Gasteiger charge is 1.91. The lowest BCUT2D eigenvalue weighted by Crippen LogP contribution is -2.08. The molecule has 0 spiro atoms. The van der Waals surface area contributed by atoms with E-state index in [0.717, 1.165) is 11.0 Å². The Morgan fingerprint density at radius 3 is 2.92 bits per heavy atom. The molecule has 0 heterocycles. The molecular weight excluding hydrogens is 226 g/mol. The number of rotatable bonds is 3. The van der Waals surface area contributed by atoms with Crippen molar-refractivity contribution in [1.29, 1.82) is 0 Å². The van der Waals surface area contributed by atoms with Crippen LogP contribution in [0.2, 0.25) is 0 Å². The zero-order valence-electron chi connectivity index (χ0n) is 7.97. The predicted molar refractivity (Wildman–Crippen MR) is 61.7 cm³/mol. The maximum Gasteiger partial charge on any atom is 0.0181 e. The Bertz CT molecular complexity index is 305. The van der Waals surface area contributed by atoms with Gasteiger partial charge in [0.2, 0.25) is 0 Å². The summed E-state index contributed by atoms with van der Waals surface area (Å²) < 4.78 is 1.12. The van der Waals surface area contributed by atoms with Gasteiger partial charge in [0.1, 0.15) is 0 Å². The molecule has 0 aliphatic carbocycles. The lowest BCUT2D eigenvalue weighted by Gasteiger charge is -2.00. The largest absolute Gasteiger partial charge is 0.316 e. The number of benzene rings is 1. The fraction of sp³-hybridized carbons (Fsp3) is 0.273. The average Bonchev–Trinajstić information content (AvgIpc) is 2.04. The van der Waals surface area contributed by atoms with Gasteiger partial charge >= 0.3 is 0 Å². The monoisotopic (exact) mass is 239 g/mol. The lowest BCUT2D eigenvalue weighted by atomic mass is 10.1. The fourth-order valence-corrected chi connectivity index (χ4v) is 1.63. The molecule has 0 aromatic heterocycles. The first-order valence-corrected chi connectivity index (χ1v) is 5.09. The second-order valence-corrected chi connectivity index (χ2v) is 3.99. The van der Waals surface area contributed by atoms with Crippen LogP contribution in [0.1, 0.15) is 12.5 Å². The summed E-state index contributed by atoms with van der Waals surface area (Å²) in [6.07, 6.45) is 2.18. The molecule has 0 unspecified atom stereocenters. The smallest absolute Gasteiger partial charge is 0.0181 e. The Hall–Kier alpha value is -0.600. The molecule has 0 saturated heterocycles. The second kappa shape index (κ2) is 5.20. The molecule has 0 fully saturated rings. The summed E-state index contributed by atoms with van der Waals surface area (Å²) in [6, 6.07) is 8.29. The fourth-order valence-electron chi connectivity index (χ4n) is 1.21. The highest BCUT2D eigenvalue weighted by molar-refractivity contribution is 9.10. The van der Waals surface area contributed by atoms with Gasteiger partial charge in [0.05, 0.1) is 0 Å². The van der Waals surface area contributed by atoms with Crippen molar-refractivity contribution in [3.8, 4) is 0 Å². The van der Waals surface area contributed by atoms with Crippen LogP contribution in [0.3, 0.4) is 0 Å². The van der Waals surface area contributed by atoms with Crippen molar-refractivity contribution < 1.29 is 0 Å². The van der Waals surface area contributed by atoms with E-state index >= 15 is 0 Å². The Balaban J connectivity index is 2.78. The Morgan fingerprint density at radius 1 is 1.54 bits per heavy atom. The van der Waals surface area contributed by atoms with Gasteiger partial charge in [-0.25, -0.2) is 0 Å². The van der Waals surface area contributed by atoms with Crippen molar-refractivity contribution >= 4 is 22.0 Å². The summed E-state index contributed by atoms with van der Waals surface area (Å²) in [5.41, 5.74) is 2.57. The van der Waals surface area contributed by atoms with Gasteiger partial charge < -0.3 is 5.32 Å². The first kappa shape index (κ1) is 10.5. The molecule has 0 bridgehead atoms. The van der Waals surface area contributed by atoms with Crippen LogP contribution in [-0.4, -0.2) is 13.6 Å². The predicted octanol–water partition coefficient (Wildman–Crippen LogP) is 3.07. The molecule has 13 heavy (non-hydrogen) atoms. The molecule has 0 radical (unpaired) electrons. The maximum atomic E-state index is 3.45. The number of likely N-dealkylation sites (N-methyl/N-ethyl adjacent to an activating group) is 1. The minimum atomic E-state index is 0.937. The van der Waals surface area contributed by atoms with Crippen molar-refractivity contribution in [2.75, 3.05) is 13.6 Å². The third kappa shape index (κ3) is 3.75. The standard InChI is InChI=1S/C11H14BrN/c1-9(8-13-2)6-10-4-3-5-11(12)7-10/h3-7,13H,8H2,1-2H3/b9-6+. The third-order valence-electron chi connectivity index (χ3n) is 1.72. The number of hydrogen-bond acceptors (Lipinski definition) is 1. The molecule has 0 aliphatic rings. The van der Waals surface area contributed by atoms with Crippen LogP contribution in [0.5, 0.6) is 0 Å². The van der Waals surface area contributed by atoms with Crippen LogP contribution >= 0.6 is 15.9 Å². The topological polar surface area (TPSA) is 12.0 Å². The van der Waals surface area contributed by atoms with Crippen LogP contribution in [0.25, 0.3) is 6.08 Å². The van der Waals surface area contributed by atoms with Crippen molar-refractivity contribution in [3.05, 3.63) is 39.9 Å². The molecule has 0 amide bonds. The summed E-state index contributed by atoms with van der Waals surface area (Å²) >= 11 is 3.45.